The molecule has 1 aliphatic carbocycles. The SMILES string of the molecule is COc1ccc(C2(C#N)CCC(N(C)CCCOC(=O)c3cccc4c(=O)c(C)c(-c5ccccc5)oc34)CC2)cc1OC.CS(=O)(=O)O. The first-order chi connectivity index (χ1) is 23.3. The Kier molecular flexibility index (Phi) is 12.2. The van der Waals surface area contributed by atoms with Crippen LogP contribution in [0.15, 0.2) is 75.9 Å². The maximum Gasteiger partial charge on any atom is 0.341 e. The minimum atomic E-state index is -3.67. The number of ether oxygens (including phenoxy) is 3. The summed E-state index contributed by atoms with van der Waals surface area (Å²) < 4.78 is 48.5. The molecule has 0 atom stereocenters. The van der Waals surface area contributed by atoms with E-state index in [-0.39, 0.29) is 23.2 Å². The van der Waals surface area contributed by atoms with Crippen LogP contribution in [0.4, 0.5) is 0 Å². The molecule has 1 aromatic heterocycles. The van der Waals surface area contributed by atoms with Crippen LogP contribution >= 0.6 is 0 Å². The zero-order valence-electron chi connectivity index (χ0n) is 28.4. The smallest absolute Gasteiger partial charge is 0.341 e. The van der Waals surface area contributed by atoms with Gasteiger partial charge in [0.15, 0.2) is 22.5 Å². The lowest BCUT2D eigenvalue weighted by Gasteiger charge is -2.39. The highest BCUT2D eigenvalue weighted by Gasteiger charge is 2.38. The number of nitriles is 1. The fourth-order valence-electron chi connectivity index (χ4n) is 6.21. The Hall–Kier alpha value is -4.70. The summed E-state index contributed by atoms with van der Waals surface area (Å²) >= 11 is 0. The van der Waals surface area contributed by atoms with Crippen LogP contribution in [0.5, 0.6) is 11.5 Å². The Bertz CT molecular complexity index is 1970. The Morgan fingerprint density at radius 1 is 1.04 bits per heavy atom. The summed E-state index contributed by atoms with van der Waals surface area (Å²) in [5.41, 5.74) is 1.98. The van der Waals surface area contributed by atoms with Crippen LogP contribution in [-0.4, -0.2) is 70.6 Å². The van der Waals surface area contributed by atoms with E-state index in [1.54, 1.807) is 39.3 Å². The van der Waals surface area contributed by atoms with Crippen LogP contribution in [-0.2, 0) is 20.3 Å². The second-order valence-corrected chi connectivity index (χ2v) is 13.6. The molecule has 0 spiro atoms. The van der Waals surface area contributed by atoms with Crippen molar-refractivity contribution in [1.29, 1.82) is 5.26 Å². The maximum atomic E-state index is 13.1. The Balaban J connectivity index is 0.00000101. The van der Waals surface area contributed by atoms with Gasteiger partial charge in [-0.25, -0.2) is 4.79 Å². The van der Waals surface area contributed by atoms with Crippen LogP contribution in [0.3, 0.4) is 0 Å². The van der Waals surface area contributed by atoms with Crippen LogP contribution < -0.4 is 14.9 Å². The average Bonchev–Trinajstić information content (AvgIpc) is 3.10. The Morgan fingerprint density at radius 3 is 2.31 bits per heavy atom. The number of hydrogen-bond acceptors (Lipinski definition) is 10. The molecule has 0 amide bonds. The number of nitrogens with zero attached hydrogens (tertiary/aromatic N) is 2. The zero-order chi connectivity index (χ0) is 35.8. The second-order valence-electron chi connectivity index (χ2n) is 12.1. The van der Waals surface area contributed by atoms with Gasteiger partial charge in [0, 0.05) is 23.7 Å². The molecular weight excluding hydrogens is 648 g/mol. The largest absolute Gasteiger partial charge is 0.493 e. The first-order valence-corrected chi connectivity index (χ1v) is 17.7. The first-order valence-electron chi connectivity index (χ1n) is 15.9. The molecule has 0 saturated heterocycles. The van der Waals surface area contributed by atoms with E-state index < -0.39 is 21.5 Å². The van der Waals surface area contributed by atoms with Gasteiger partial charge in [0.25, 0.3) is 10.1 Å². The summed E-state index contributed by atoms with van der Waals surface area (Å²) in [7, 11) is 1.62. The quantitative estimate of drug-likeness (QED) is 0.115. The molecule has 1 heterocycles. The van der Waals surface area contributed by atoms with Gasteiger partial charge in [-0.3, -0.25) is 9.35 Å². The van der Waals surface area contributed by atoms with E-state index in [0.29, 0.717) is 46.9 Å². The zero-order valence-corrected chi connectivity index (χ0v) is 29.2. The normalized spacial score (nSPS) is 17.5. The van der Waals surface area contributed by atoms with E-state index >= 15 is 0 Å². The summed E-state index contributed by atoms with van der Waals surface area (Å²) in [6, 6.07) is 23.1. The van der Waals surface area contributed by atoms with Crippen LogP contribution in [0, 0.1) is 18.3 Å². The monoisotopic (exact) mass is 690 g/mol. The fourth-order valence-corrected chi connectivity index (χ4v) is 6.21. The number of methoxy groups -OCH3 is 2. The van der Waals surface area contributed by atoms with Gasteiger partial charge in [0.2, 0.25) is 0 Å². The molecule has 5 rings (SSSR count). The highest BCUT2D eigenvalue weighted by Crippen LogP contribution is 2.43. The maximum absolute atomic E-state index is 13.1. The number of esters is 1. The van der Waals surface area contributed by atoms with E-state index in [1.165, 1.54) is 0 Å². The van der Waals surface area contributed by atoms with Crippen LogP contribution in [0.1, 0.15) is 53.6 Å². The Labute approximate surface area is 286 Å². The van der Waals surface area contributed by atoms with E-state index in [2.05, 4.69) is 18.0 Å². The van der Waals surface area contributed by atoms with Gasteiger partial charge in [-0.15, -0.1) is 0 Å². The Morgan fingerprint density at radius 2 is 1.69 bits per heavy atom. The van der Waals surface area contributed by atoms with Gasteiger partial charge in [0.1, 0.15) is 11.3 Å². The summed E-state index contributed by atoms with van der Waals surface area (Å²) in [5, 5.41) is 10.5. The van der Waals surface area contributed by atoms with Gasteiger partial charge in [-0.1, -0.05) is 42.5 Å². The molecule has 1 saturated carbocycles. The molecule has 0 bridgehead atoms. The predicted molar refractivity (Wildman–Crippen MR) is 187 cm³/mol. The highest BCUT2D eigenvalue weighted by molar-refractivity contribution is 7.85. The number of carbonyl (C=O) groups is 1. The fraction of sp³-hybridized carbons (Fsp3) is 0.378. The van der Waals surface area contributed by atoms with Crippen molar-refractivity contribution >= 4 is 27.1 Å². The van der Waals surface area contributed by atoms with E-state index in [0.717, 1.165) is 43.4 Å². The molecule has 49 heavy (non-hydrogen) atoms. The number of para-hydroxylation sites is 1. The molecule has 3 aromatic carbocycles. The first kappa shape index (κ1) is 37.1. The van der Waals surface area contributed by atoms with Gasteiger partial charge in [-0.05, 0) is 75.9 Å². The molecule has 12 heteroatoms. The lowest BCUT2D eigenvalue weighted by molar-refractivity contribution is 0.0482. The van der Waals surface area contributed by atoms with Crippen molar-refractivity contribution in [3.8, 4) is 28.9 Å². The van der Waals surface area contributed by atoms with Crippen molar-refractivity contribution in [3.05, 3.63) is 93.6 Å². The van der Waals surface area contributed by atoms with Crippen molar-refractivity contribution < 1.29 is 36.4 Å². The summed E-state index contributed by atoms with van der Waals surface area (Å²) in [6.45, 7) is 2.72. The van der Waals surface area contributed by atoms with Crippen LogP contribution in [0.2, 0.25) is 0 Å². The summed E-state index contributed by atoms with van der Waals surface area (Å²) in [5.74, 6) is 1.21. The van der Waals surface area contributed by atoms with Gasteiger partial charge >= 0.3 is 5.97 Å². The van der Waals surface area contributed by atoms with Crippen molar-refractivity contribution in [2.45, 2.75) is 50.5 Å². The molecule has 0 radical (unpaired) electrons. The number of carbonyl (C=O) groups excluding carboxylic acids is 1. The third-order valence-corrected chi connectivity index (χ3v) is 8.87. The number of fused-ring (bicyclic) bond motifs is 1. The molecule has 11 nitrogen and oxygen atoms in total. The second kappa shape index (κ2) is 16.1. The van der Waals surface area contributed by atoms with Crippen molar-refractivity contribution in [3.63, 3.8) is 0 Å². The van der Waals surface area contributed by atoms with Gasteiger partial charge in [-0.2, -0.15) is 13.7 Å². The average molecular weight is 691 g/mol. The topological polar surface area (TPSA) is 156 Å². The number of rotatable bonds is 10. The molecule has 1 N–H and O–H groups in total. The van der Waals surface area contributed by atoms with Crippen molar-refractivity contribution in [1.82, 2.24) is 4.90 Å². The van der Waals surface area contributed by atoms with Gasteiger partial charge in [0.05, 0.1) is 44.0 Å². The molecule has 260 valence electrons. The highest BCUT2D eigenvalue weighted by atomic mass is 32.2. The minimum absolute atomic E-state index is 0.166. The van der Waals surface area contributed by atoms with E-state index in [4.69, 9.17) is 23.2 Å². The molecule has 1 aliphatic rings. The number of hydrogen-bond donors (Lipinski definition) is 1. The van der Waals surface area contributed by atoms with Crippen molar-refractivity contribution in [2.24, 2.45) is 0 Å². The number of benzene rings is 3. The summed E-state index contributed by atoms with van der Waals surface area (Å²) in [4.78, 5) is 28.5. The standard InChI is InChI=1S/C36H38N2O6.CH4O3S/c1-24-32(39)28-12-8-13-29(34(28)44-33(24)25-10-6-5-7-11-25)35(40)43-21-9-20-38(2)27-16-18-36(23-37,19-17-27)26-14-15-30(41-3)31(22-26)42-4;1-5(2,3)4/h5-8,10-15,22,27H,9,16-21H2,1-4H3;1H3,(H,2,3,4). The minimum Gasteiger partial charge on any atom is -0.493 e. The van der Waals surface area contributed by atoms with E-state index in [1.807, 2.05) is 48.5 Å². The van der Waals surface area contributed by atoms with Crippen molar-refractivity contribution in [2.75, 3.05) is 40.7 Å². The predicted octanol–water partition coefficient (Wildman–Crippen LogP) is 6.17. The third kappa shape index (κ3) is 9.06. The van der Waals surface area contributed by atoms with Gasteiger partial charge < -0.3 is 23.5 Å². The van der Waals surface area contributed by atoms with E-state index in [9.17, 15) is 23.3 Å². The molecular formula is C37H42N2O9S. The molecule has 0 unspecified atom stereocenters. The molecule has 4 aromatic rings. The molecule has 1 fully saturated rings. The third-order valence-electron chi connectivity index (χ3n) is 8.87. The lowest BCUT2D eigenvalue weighted by Crippen LogP contribution is -2.40. The summed E-state index contributed by atoms with van der Waals surface area (Å²) in [6.07, 6.45) is 4.64. The van der Waals surface area contributed by atoms with Crippen LogP contribution in [0.25, 0.3) is 22.3 Å². The lowest BCUT2D eigenvalue weighted by atomic mass is 9.69. The molecule has 0 aliphatic heterocycles.